The molecule has 6 nitrogen and oxygen atoms in total. The Labute approximate surface area is 112 Å². The molecule has 1 unspecified atom stereocenters. The number of pyridine rings is 1. The molecule has 1 aliphatic rings. The summed E-state index contributed by atoms with van der Waals surface area (Å²) < 4.78 is 0. The zero-order valence-electron chi connectivity index (χ0n) is 10.9. The van der Waals surface area contributed by atoms with Gasteiger partial charge in [-0.3, -0.25) is 9.59 Å². The molecule has 0 bridgehead atoms. The molecule has 0 aliphatic carbocycles. The third kappa shape index (κ3) is 2.73. The van der Waals surface area contributed by atoms with Crippen LogP contribution in [0.25, 0.3) is 0 Å². The fourth-order valence-electron chi connectivity index (χ4n) is 2.38. The number of rotatable bonds is 3. The predicted octanol–water partition coefficient (Wildman–Crippen LogP) is 0.0634. The van der Waals surface area contributed by atoms with Crippen molar-refractivity contribution in [3.63, 3.8) is 0 Å². The Morgan fingerprint density at radius 2 is 2.32 bits per heavy atom. The van der Waals surface area contributed by atoms with Gasteiger partial charge in [0.1, 0.15) is 5.69 Å². The molecule has 6 heteroatoms. The van der Waals surface area contributed by atoms with Gasteiger partial charge in [-0.15, -0.1) is 0 Å². The molecule has 0 radical (unpaired) electrons. The van der Waals surface area contributed by atoms with Crippen molar-refractivity contribution in [2.24, 2.45) is 5.73 Å². The smallest absolute Gasteiger partial charge is 0.269 e. The predicted molar refractivity (Wildman–Crippen MR) is 70.4 cm³/mol. The quantitative estimate of drug-likeness (QED) is 0.806. The van der Waals surface area contributed by atoms with Crippen LogP contribution in [0.1, 0.15) is 35.1 Å². The summed E-state index contributed by atoms with van der Waals surface area (Å²) in [6, 6.07) is 5.22. The highest BCUT2D eigenvalue weighted by Gasteiger charge is 2.30. The maximum Gasteiger partial charge on any atom is 0.269 e. The number of carbonyl (C=O) groups excluding carboxylic acids is 2. The van der Waals surface area contributed by atoms with Crippen molar-refractivity contribution in [2.75, 3.05) is 20.1 Å². The van der Waals surface area contributed by atoms with Gasteiger partial charge in [-0.25, -0.2) is 4.98 Å². The lowest BCUT2D eigenvalue weighted by Gasteiger charge is -2.24. The fraction of sp³-hybridized carbons (Fsp3) is 0.462. The number of nitrogens with two attached hydrogens (primary N) is 1. The van der Waals surface area contributed by atoms with E-state index in [1.807, 2.05) is 6.07 Å². The van der Waals surface area contributed by atoms with Crippen LogP contribution >= 0.6 is 0 Å². The number of nitrogens with one attached hydrogen (secondary N) is 1. The van der Waals surface area contributed by atoms with Gasteiger partial charge in [-0.2, -0.15) is 0 Å². The summed E-state index contributed by atoms with van der Waals surface area (Å²) in [5.41, 5.74) is 6.53. The van der Waals surface area contributed by atoms with Crippen molar-refractivity contribution in [3.05, 3.63) is 29.6 Å². The van der Waals surface area contributed by atoms with Crippen molar-refractivity contribution < 1.29 is 9.59 Å². The molecule has 0 aromatic carbocycles. The van der Waals surface area contributed by atoms with E-state index < -0.39 is 0 Å². The van der Waals surface area contributed by atoms with E-state index in [2.05, 4.69) is 10.3 Å². The van der Waals surface area contributed by atoms with Gasteiger partial charge in [-0.1, -0.05) is 6.07 Å². The van der Waals surface area contributed by atoms with Crippen LogP contribution in [0.5, 0.6) is 0 Å². The molecule has 3 N–H and O–H groups in total. The largest absolute Gasteiger partial charge is 0.354 e. The topological polar surface area (TPSA) is 88.3 Å². The molecule has 0 spiro atoms. The van der Waals surface area contributed by atoms with E-state index in [1.54, 1.807) is 24.1 Å². The van der Waals surface area contributed by atoms with Crippen LogP contribution in [0, 0.1) is 0 Å². The van der Waals surface area contributed by atoms with Crippen LogP contribution in [-0.4, -0.2) is 41.8 Å². The molecule has 1 aromatic rings. The molecule has 1 aromatic heterocycles. The van der Waals surface area contributed by atoms with Crippen LogP contribution < -0.4 is 11.1 Å². The molecule has 1 saturated heterocycles. The molecule has 0 saturated carbocycles. The minimum Gasteiger partial charge on any atom is -0.354 e. The van der Waals surface area contributed by atoms with Gasteiger partial charge in [0.15, 0.2) is 0 Å². The van der Waals surface area contributed by atoms with Crippen LogP contribution in [-0.2, 0) is 4.79 Å². The van der Waals surface area contributed by atoms with E-state index in [4.69, 9.17) is 5.73 Å². The summed E-state index contributed by atoms with van der Waals surface area (Å²) in [4.78, 5) is 29.4. The molecule has 19 heavy (non-hydrogen) atoms. The second kappa shape index (κ2) is 5.79. The molecule has 1 atom stereocenters. The molecule has 102 valence electrons. The van der Waals surface area contributed by atoms with Crippen LogP contribution in [0.3, 0.4) is 0 Å². The maximum absolute atomic E-state index is 11.8. The van der Waals surface area contributed by atoms with Crippen molar-refractivity contribution >= 4 is 11.8 Å². The van der Waals surface area contributed by atoms with E-state index in [9.17, 15) is 9.59 Å². The Kier molecular flexibility index (Phi) is 4.11. The van der Waals surface area contributed by atoms with Crippen LogP contribution in [0.15, 0.2) is 18.2 Å². The zero-order valence-corrected chi connectivity index (χ0v) is 10.9. The average Bonchev–Trinajstić information content (AvgIpc) is 2.95. The normalized spacial score (nSPS) is 18.4. The second-order valence-electron chi connectivity index (χ2n) is 4.48. The van der Waals surface area contributed by atoms with E-state index in [1.165, 1.54) is 0 Å². The first-order valence-corrected chi connectivity index (χ1v) is 6.36. The van der Waals surface area contributed by atoms with Gasteiger partial charge < -0.3 is 16.0 Å². The molecule has 2 amide bonds. The monoisotopic (exact) mass is 262 g/mol. The van der Waals surface area contributed by atoms with Gasteiger partial charge in [0.25, 0.3) is 5.91 Å². The number of carbonyl (C=O) groups is 2. The van der Waals surface area contributed by atoms with Crippen molar-refractivity contribution in [2.45, 2.75) is 18.9 Å². The van der Waals surface area contributed by atoms with Crippen LogP contribution in [0.4, 0.5) is 0 Å². The summed E-state index contributed by atoms with van der Waals surface area (Å²) in [7, 11) is 1.57. The standard InChI is InChI=1S/C13H18N4O2/c1-15-13(19)10-5-2-4-9(16-10)11-6-3-7-17(11)12(18)8-14/h2,4-5,11H,3,6-8,14H2,1H3,(H,15,19). The number of nitrogens with zero attached hydrogens (tertiary/aromatic N) is 2. The first-order chi connectivity index (χ1) is 9.17. The van der Waals surface area contributed by atoms with Crippen LogP contribution in [0.2, 0.25) is 0 Å². The van der Waals surface area contributed by atoms with Crippen molar-refractivity contribution in [1.29, 1.82) is 0 Å². The van der Waals surface area contributed by atoms with E-state index in [0.717, 1.165) is 18.5 Å². The zero-order chi connectivity index (χ0) is 13.8. The Morgan fingerprint density at radius 3 is 3.00 bits per heavy atom. The average molecular weight is 262 g/mol. The number of aromatic nitrogens is 1. The first-order valence-electron chi connectivity index (χ1n) is 6.36. The lowest BCUT2D eigenvalue weighted by molar-refractivity contribution is -0.130. The molecule has 2 heterocycles. The van der Waals surface area contributed by atoms with E-state index in [0.29, 0.717) is 12.2 Å². The van der Waals surface area contributed by atoms with E-state index in [-0.39, 0.29) is 24.4 Å². The van der Waals surface area contributed by atoms with Gasteiger partial charge in [0.05, 0.1) is 18.3 Å². The first kappa shape index (κ1) is 13.5. The molecule has 1 fully saturated rings. The molecule has 1 aliphatic heterocycles. The Hall–Kier alpha value is -1.95. The lowest BCUT2D eigenvalue weighted by Crippen LogP contribution is -2.36. The molecular formula is C13H18N4O2. The minimum absolute atomic E-state index is 0.00559. The number of amides is 2. The third-order valence-corrected chi connectivity index (χ3v) is 3.32. The van der Waals surface area contributed by atoms with Crippen molar-refractivity contribution in [1.82, 2.24) is 15.2 Å². The fourth-order valence-corrected chi connectivity index (χ4v) is 2.38. The Morgan fingerprint density at radius 1 is 1.53 bits per heavy atom. The summed E-state index contributed by atoms with van der Waals surface area (Å²) in [5.74, 6) is -0.300. The Balaban J connectivity index is 2.26. The maximum atomic E-state index is 11.8. The van der Waals surface area contributed by atoms with E-state index >= 15 is 0 Å². The Bertz CT molecular complexity index is 489. The highest BCUT2D eigenvalue weighted by atomic mass is 16.2. The second-order valence-corrected chi connectivity index (χ2v) is 4.48. The lowest BCUT2D eigenvalue weighted by atomic mass is 10.1. The highest BCUT2D eigenvalue weighted by molar-refractivity contribution is 5.92. The third-order valence-electron chi connectivity index (χ3n) is 3.32. The van der Waals surface area contributed by atoms with Gasteiger partial charge in [0.2, 0.25) is 5.91 Å². The highest BCUT2D eigenvalue weighted by Crippen LogP contribution is 2.30. The summed E-state index contributed by atoms with van der Waals surface area (Å²) in [6.07, 6.45) is 1.79. The number of likely N-dealkylation sites (tertiary alicyclic amines) is 1. The number of hydrogen-bond acceptors (Lipinski definition) is 4. The summed E-state index contributed by atoms with van der Waals surface area (Å²) >= 11 is 0. The number of hydrogen-bond donors (Lipinski definition) is 2. The van der Waals surface area contributed by atoms with Gasteiger partial charge >= 0.3 is 0 Å². The minimum atomic E-state index is -0.225. The van der Waals surface area contributed by atoms with Gasteiger partial charge in [0, 0.05) is 13.6 Å². The van der Waals surface area contributed by atoms with Gasteiger partial charge in [-0.05, 0) is 25.0 Å². The summed E-state index contributed by atoms with van der Waals surface area (Å²) in [6.45, 7) is 0.707. The molecular weight excluding hydrogens is 244 g/mol. The summed E-state index contributed by atoms with van der Waals surface area (Å²) in [5, 5.41) is 2.54. The SMILES string of the molecule is CNC(=O)c1cccc(C2CCCN2C(=O)CN)n1. The molecule has 2 rings (SSSR count). The van der Waals surface area contributed by atoms with Crippen molar-refractivity contribution in [3.8, 4) is 0 Å².